The molecule has 0 bridgehead atoms. The number of carbonyl (C=O) groups excluding carboxylic acids is 1. The number of fused-ring (bicyclic) bond motifs is 1. The molecule has 2 N–H and O–H groups in total. The van der Waals surface area contributed by atoms with Crippen molar-refractivity contribution in [3.63, 3.8) is 0 Å². The molecule has 0 unspecified atom stereocenters. The Morgan fingerprint density at radius 3 is 2.68 bits per heavy atom. The van der Waals surface area contributed by atoms with Crippen molar-refractivity contribution in [1.29, 1.82) is 0 Å². The Balaban J connectivity index is 2.02. The molecule has 2 aromatic rings. The fourth-order valence-corrected chi connectivity index (χ4v) is 2.74. The molecule has 0 atom stereocenters. The Labute approximate surface area is 113 Å². The molecule has 0 saturated heterocycles. The van der Waals surface area contributed by atoms with Gasteiger partial charge in [-0.05, 0) is 55.5 Å². The highest BCUT2D eigenvalue weighted by atomic mass is 16.1. The number of anilines is 1. The summed E-state index contributed by atoms with van der Waals surface area (Å²) in [6.45, 7) is 1.97. The van der Waals surface area contributed by atoms with Crippen molar-refractivity contribution in [3.8, 4) is 0 Å². The Bertz CT molecular complexity index is 658. The predicted molar refractivity (Wildman–Crippen MR) is 77.5 cm³/mol. The standard InChI is InChI=1S/C17H17NO/c1-11-5-8-16(18)15(9-11)17(19)14-7-6-12-3-2-4-13(12)10-14/h5-10H,2-4,18H2,1H3. The first-order valence-electron chi connectivity index (χ1n) is 6.68. The molecule has 2 nitrogen and oxygen atoms in total. The van der Waals surface area contributed by atoms with Crippen molar-refractivity contribution in [2.24, 2.45) is 0 Å². The summed E-state index contributed by atoms with van der Waals surface area (Å²) < 4.78 is 0. The summed E-state index contributed by atoms with van der Waals surface area (Å²) in [7, 11) is 0. The van der Waals surface area contributed by atoms with Gasteiger partial charge in [-0.15, -0.1) is 0 Å². The number of benzene rings is 2. The van der Waals surface area contributed by atoms with Gasteiger partial charge < -0.3 is 5.73 Å². The summed E-state index contributed by atoms with van der Waals surface area (Å²) in [6, 6.07) is 11.6. The van der Waals surface area contributed by atoms with Crippen LogP contribution in [0.15, 0.2) is 36.4 Å². The zero-order valence-electron chi connectivity index (χ0n) is 11.1. The Kier molecular flexibility index (Phi) is 2.86. The molecular weight excluding hydrogens is 234 g/mol. The summed E-state index contributed by atoms with van der Waals surface area (Å²) >= 11 is 0. The molecule has 0 heterocycles. The van der Waals surface area contributed by atoms with Crippen molar-refractivity contribution in [2.75, 3.05) is 5.73 Å². The first-order valence-corrected chi connectivity index (χ1v) is 6.68. The van der Waals surface area contributed by atoms with Crippen LogP contribution in [0.25, 0.3) is 0 Å². The summed E-state index contributed by atoms with van der Waals surface area (Å²) in [5.74, 6) is 0.0240. The smallest absolute Gasteiger partial charge is 0.195 e. The van der Waals surface area contributed by atoms with Crippen LogP contribution in [0, 0.1) is 6.92 Å². The molecule has 0 fully saturated rings. The molecule has 3 rings (SSSR count). The number of carbonyl (C=O) groups is 1. The lowest BCUT2D eigenvalue weighted by molar-refractivity contribution is 0.103. The average molecular weight is 251 g/mol. The van der Waals surface area contributed by atoms with Crippen molar-refractivity contribution < 1.29 is 4.79 Å². The van der Waals surface area contributed by atoms with Gasteiger partial charge in [-0.25, -0.2) is 0 Å². The first kappa shape index (κ1) is 12.0. The summed E-state index contributed by atoms with van der Waals surface area (Å²) in [6.07, 6.45) is 3.41. The van der Waals surface area contributed by atoms with Gasteiger partial charge in [0.25, 0.3) is 0 Å². The lowest BCUT2D eigenvalue weighted by Crippen LogP contribution is -2.06. The fraction of sp³-hybridized carbons (Fsp3) is 0.235. The van der Waals surface area contributed by atoms with E-state index >= 15 is 0 Å². The second-order valence-electron chi connectivity index (χ2n) is 5.26. The second kappa shape index (κ2) is 4.54. The summed E-state index contributed by atoms with van der Waals surface area (Å²) in [5.41, 5.74) is 11.6. The van der Waals surface area contributed by atoms with E-state index in [-0.39, 0.29) is 5.78 Å². The number of nitrogens with two attached hydrogens (primary N) is 1. The van der Waals surface area contributed by atoms with Crippen molar-refractivity contribution in [2.45, 2.75) is 26.2 Å². The second-order valence-corrected chi connectivity index (χ2v) is 5.26. The van der Waals surface area contributed by atoms with Gasteiger partial charge in [-0.2, -0.15) is 0 Å². The van der Waals surface area contributed by atoms with E-state index in [0.717, 1.165) is 24.0 Å². The monoisotopic (exact) mass is 251 g/mol. The number of hydrogen-bond donors (Lipinski definition) is 1. The Morgan fingerprint density at radius 1 is 1.05 bits per heavy atom. The zero-order chi connectivity index (χ0) is 13.4. The van der Waals surface area contributed by atoms with Gasteiger partial charge in [0, 0.05) is 16.8 Å². The SMILES string of the molecule is Cc1ccc(N)c(C(=O)c2ccc3c(c2)CCC3)c1. The molecule has 2 aromatic carbocycles. The summed E-state index contributed by atoms with van der Waals surface area (Å²) in [4.78, 5) is 12.5. The maximum atomic E-state index is 12.5. The minimum atomic E-state index is 0.0240. The molecule has 0 aliphatic heterocycles. The molecule has 0 spiro atoms. The fourth-order valence-electron chi connectivity index (χ4n) is 2.74. The first-order chi connectivity index (χ1) is 9.15. The molecule has 2 heteroatoms. The Morgan fingerprint density at radius 2 is 1.84 bits per heavy atom. The van der Waals surface area contributed by atoms with Gasteiger partial charge in [0.15, 0.2) is 5.78 Å². The quantitative estimate of drug-likeness (QED) is 0.657. The topological polar surface area (TPSA) is 43.1 Å². The van der Waals surface area contributed by atoms with Crippen LogP contribution < -0.4 is 5.73 Å². The van der Waals surface area contributed by atoms with Gasteiger partial charge in [-0.1, -0.05) is 23.8 Å². The maximum Gasteiger partial charge on any atom is 0.195 e. The van der Waals surface area contributed by atoms with Gasteiger partial charge in [0.05, 0.1) is 0 Å². The number of aryl methyl sites for hydroxylation is 3. The zero-order valence-corrected chi connectivity index (χ0v) is 11.1. The number of rotatable bonds is 2. The molecule has 96 valence electrons. The highest BCUT2D eigenvalue weighted by Gasteiger charge is 2.16. The molecule has 0 saturated carbocycles. The van der Waals surface area contributed by atoms with E-state index in [9.17, 15) is 4.79 Å². The average Bonchev–Trinajstić information content (AvgIpc) is 2.88. The van der Waals surface area contributed by atoms with E-state index in [1.54, 1.807) is 6.07 Å². The highest BCUT2D eigenvalue weighted by Crippen LogP contribution is 2.25. The molecule has 0 radical (unpaired) electrons. The number of nitrogen functional groups attached to an aromatic ring is 1. The van der Waals surface area contributed by atoms with E-state index in [4.69, 9.17) is 5.73 Å². The van der Waals surface area contributed by atoms with Crippen LogP contribution in [0.2, 0.25) is 0 Å². The van der Waals surface area contributed by atoms with Crippen LogP contribution in [-0.4, -0.2) is 5.78 Å². The van der Waals surface area contributed by atoms with Crippen molar-refractivity contribution >= 4 is 11.5 Å². The van der Waals surface area contributed by atoms with E-state index in [1.165, 1.54) is 17.5 Å². The third-order valence-corrected chi connectivity index (χ3v) is 3.81. The van der Waals surface area contributed by atoms with Crippen LogP contribution in [0.4, 0.5) is 5.69 Å². The molecule has 0 amide bonds. The largest absolute Gasteiger partial charge is 0.398 e. The predicted octanol–water partition coefficient (Wildman–Crippen LogP) is 3.30. The van der Waals surface area contributed by atoms with Crippen molar-refractivity contribution in [3.05, 3.63) is 64.2 Å². The lowest BCUT2D eigenvalue weighted by atomic mass is 9.97. The molecule has 1 aliphatic rings. The van der Waals surface area contributed by atoms with Crippen LogP contribution in [0.5, 0.6) is 0 Å². The van der Waals surface area contributed by atoms with E-state index < -0.39 is 0 Å². The molecular formula is C17H17NO. The van der Waals surface area contributed by atoms with Crippen LogP contribution in [0.3, 0.4) is 0 Å². The minimum Gasteiger partial charge on any atom is -0.398 e. The molecule has 1 aliphatic carbocycles. The molecule has 0 aromatic heterocycles. The van der Waals surface area contributed by atoms with E-state index in [1.807, 2.05) is 31.2 Å². The van der Waals surface area contributed by atoms with Crippen LogP contribution in [0.1, 0.15) is 39.0 Å². The minimum absolute atomic E-state index is 0.0240. The third-order valence-electron chi connectivity index (χ3n) is 3.81. The van der Waals surface area contributed by atoms with Gasteiger partial charge >= 0.3 is 0 Å². The maximum absolute atomic E-state index is 12.5. The summed E-state index contributed by atoms with van der Waals surface area (Å²) in [5, 5.41) is 0. The van der Waals surface area contributed by atoms with Gasteiger partial charge in [-0.3, -0.25) is 4.79 Å². The number of hydrogen-bond acceptors (Lipinski definition) is 2. The third kappa shape index (κ3) is 2.14. The van der Waals surface area contributed by atoms with E-state index in [2.05, 4.69) is 6.07 Å². The van der Waals surface area contributed by atoms with Crippen LogP contribution in [-0.2, 0) is 12.8 Å². The van der Waals surface area contributed by atoms with Gasteiger partial charge in [0.2, 0.25) is 0 Å². The lowest BCUT2D eigenvalue weighted by Gasteiger charge is -2.08. The van der Waals surface area contributed by atoms with Crippen LogP contribution >= 0.6 is 0 Å². The van der Waals surface area contributed by atoms with Gasteiger partial charge in [0.1, 0.15) is 0 Å². The number of ketones is 1. The normalized spacial score (nSPS) is 13.3. The molecule has 19 heavy (non-hydrogen) atoms. The van der Waals surface area contributed by atoms with Crippen molar-refractivity contribution in [1.82, 2.24) is 0 Å². The highest BCUT2D eigenvalue weighted by molar-refractivity contribution is 6.12. The Hall–Kier alpha value is -2.09. The van der Waals surface area contributed by atoms with E-state index in [0.29, 0.717) is 11.3 Å².